The molecule has 1 aromatic carbocycles. The smallest absolute Gasteiger partial charge is 0.329 e. The first-order valence-electron chi connectivity index (χ1n) is 10.2. The molecule has 0 spiro atoms. The van der Waals surface area contributed by atoms with Crippen molar-refractivity contribution in [1.82, 2.24) is 4.90 Å². The van der Waals surface area contributed by atoms with E-state index >= 15 is 0 Å². The van der Waals surface area contributed by atoms with E-state index in [0.29, 0.717) is 37.3 Å². The van der Waals surface area contributed by atoms with Crippen molar-refractivity contribution < 1.29 is 28.6 Å². The third kappa shape index (κ3) is 4.09. The van der Waals surface area contributed by atoms with Crippen LogP contribution < -0.4 is 9.47 Å². The van der Waals surface area contributed by atoms with Gasteiger partial charge in [-0.2, -0.15) is 0 Å². The van der Waals surface area contributed by atoms with Crippen LogP contribution in [0, 0.1) is 5.41 Å². The Hall–Kier alpha value is -2.57. The number of hydrogen-bond acceptors (Lipinski definition) is 6. The van der Waals surface area contributed by atoms with Crippen molar-refractivity contribution in [1.29, 1.82) is 0 Å². The van der Waals surface area contributed by atoms with Crippen molar-refractivity contribution in [2.75, 3.05) is 19.9 Å². The maximum absolute atomic E-state index is 13.0. The van der Waals surface area contributed by atoms with Gasteiger partial charge in [0, 0.05) is 17.9 Å². The van der Waals surface area contributed by atoms with Gasteiger partial charge in [0.05, 0.1) is 6.61 Å². The predicted molar refractivity (Wildman–Crippen MR) is 106 cm³/mol. The van der Waals surface area contributed by atoms with Crippen molar-refractivity contribution in [3.8, 4) is 11.5 Å². The van der Waals surface area contributed by atoms with Gasteiger partial charge in [-0.25, -0.2) is 4.79 Å². The second-order valence-electron chi connectivity index (χ2n) is 8.19. The molecule has 0 N–H and O–H groups in total. The molecule has 0 aliphatic carbocycles. The predicted octanol–water partition coefficient (Wildman–Crippen LogP) is 3.06. The SMILES string of the molecule is CCCOC(=O)[C@@H]1C(c2ccc3c(c2)OCO3)CCN1C(=O)C(=O)C(C)(C)CC. The highest BCUT2D eigenvalue weighted by molar-refractivity contribution is 6.38. The molecule has 7 heteroatoms. The number of nitrogens with zero attached hydrogens (tertiary/aromatic N) is 1. The van der Waals surface area contributed by atoms with Crippen LogP contribution >= 0.6 is 0 Å². The lowest BCUT2D eigenvalue weighted by Gasteiger charge is -2.29. The molecule has 0 radical (unpaired) electrons. The molecule has 2 heterocycles. The van der Waals surface area contributed by atoms with E-state index in [2.05, 4.69) is 0 Å². The molecule has 1 unspecified atom stereocenters. The Bertz CT molecular complexity index is 802. The van der Waals surface area contributed by atoms with Crippen LogP contribution in [0.5, 0.6) is 11.5 Å². The summed E-state index contributed by atoms with van der Waals surface area (Å²) in [5.74, 6) is -0.545. The zero-order valence-corrected chi connectivity index (χ0v) is 17.5. The molecular formula is C22H29NO6. The van der Waals surface area contributed by atoms with Crippen molar-refractivity contribution in [2.45, 2.75) is 58.9 Å². The highest BCUT2D eigenvalue weighted by Crippen LogP contribution is 2.40. The van der Waals surface area contributed by atoms with E-state index < -0.39 is 29.1 Å². The third-order valence-electron chi connectivity index (χ3n) is 5.87. The largest absolute Gasteiger partial charge is 0.464 e. The molecule has 2 atom stereocenters. The highest BCUT2D eigenvalue weighted by Gasteiger charge is 2.47. The van der Waals surface area contributed by atoms with Gasteiger partial charge < -0.3 is 19.1 Å². The standard InChI is InChI=1S/C22H29NO6/c1-5-11-27-21(26)18-15(14-7-8-16-17(12-14)29-13-28-16)9-10-23(18)20(25)19(24)22(3,4)6-2/h7-8,12,15,18H,5-6,9-11,13H2,1-4H3/t15?,18-/m0/s1. The van der Waals surface area contributed by atoms with Gasteiger partial charge in [0.1, 0.15) is 6.04 Å². The van der Waals surface area contributed by atoms with Crippen LogP contribution in [0.1, 0.15) is 58.4 Å². The number of esters is 1. The van der Waals surface area contributed by atoms with Gasteiger partial charge >= 0.3 is 5.97 Å². The van der Waals surface area contributed by atoms with Gasteiger partial charge in [0.15, 0.2) is 11.5 Å². The molecule has 0 aromatic heterocycles. The van der Waals surface area contributed by atoms with Crippen molar-refractivity contribution in [2.24, 2.45) is 5.41 Å². The fourth-order valence-corrected chi connectivity index (χ4v) is 3.67. The van der Waals surface area contributed by atoms with Crippen molar-refractivity contribution in [3.63, 3.8) is 0 Å². The first-order valence-corrected chi connectivity index (χ1v) is 10.2. The molecule has 1 aromatic rings. The number of fused-ring (bicyclic) bond motifs is 1. The lowest BCUT2D eigenvalue weighted by molar-refractivity contribution is -0.157. The van der Waals surface area contributed by atoms with E-state index in [0.717, 1.165) is 5.56 Å². The quantitative estimate of drug-likeness (QED) is 0.514. The van der Waals surface area contributed by atoms with Gasteiger partial charge in [-0.3, -0.25) is 9.59 Å². The van der Waals surface area contributed by atoms with Gasteiger partial charge in [-0.05, 0) is 37.0 Å². The molecule has 1 saturated heterocycles. The van der Waals surface area contributed by atoms with Crippen molar-refractivity contribution in [3.05, 3.63) is 23.8 Å². The maximum Gasteiger partial charge on any atom is 0.329 e. The van der Waals surface area contributed by atoms with Gasteiger partial charge in [0.2, 0.25) is 12.6 Å². The highest BCUT2D eigenvalue weighted by atomic mass is 16.7. The van der Waals surface area contributed by atoms with Crippen molar-refractivity contribution >= 4 is 17.7 Å². The number of amides is 1. The average molecular weight is 403 g/mol. The van der Waals surface area contributed by atoms with Gasteiger partial charge in [-0.15, -0.1) is 0 Å². The van der Waals surface area contributed by atoms with E-state index in [1.54, 1.807) is 13.8 Å². The summed E-state index contributed by atoms with van der Waals surface area (Å²) in [5, 5.41) is 0. The molecule has 2 aliphatic rings. The number of rotatable bonds is 7. The Kier molecular flexibility index (Phi) is 6.15. The first-order chi connectivity index (χ1) is 13.8. The number of ketones is 1. The third-order valence-corrected chi connectivity index (χ3v) is 5.87. The molecule has 1 amide bonds. The first kappa shape index (κ1) is 21.1. The second kappa shape index (κ2) is 8.43. The minimum Gasteiger partial charge on any atom is -0.464 e. The van der Waals surface area contributed by atoms with E-state index in [1.807, 2.05) is 32.0 Å². The molecule has 1 fully saturated rings. The second-order valence-corrected chi connectivity index (χ2v) is 8.19. The summed E-state index contributed by atoms with van der Waals surface area (Å²) in [5.41, 5.74) is 0.0939. The Labute approximate surface area is 171 Å². The normalized spacial score (nSPS) is 20.6. The minimum absolute atomic E-state index is 0.163. The van der Waals surface area contributed by atoms with Crippen LogP contribution in [-0.2, 0) is 19.1 Å². The number of likely N-dealkylation sites (tertiary alicyclic amines) is 1. The van der Waals surface area contributed by atoms with Gasteiger partial charge in [0.25, 0.3) is 5.91 Å². The Balaban J connectivity index is 1.90. The summed E-state index contributed by atoms with van der Waals surface area (Å²) in [6.07, 6.45) is 1.79. The lowest BCUT2D eigenvalue weighted by Crippen LogP contribution is -2.49. The fraction of sp³-hybridized carbons (Fsp3) is 0.591. The topological polar surface area (TPSA) is 82.1 Å². The minimum atomic E-state index is -0.828. The summed E-state index contributed by atoms with van der Waals surface area (Å²) in [6, 6.07) is 4.70. The fourth-order valence-electron chi connectivity index (χ4n) is 3.67. The van der Waals surface area contributed by atoms with Crippen LogP contribution in [0.3, 0.4) is 0 Å². The summed E-state index contributed by atoms with van der Waals surface area (Å²) in [7, 11) is 0. The van der Waals surface area contributed by atoms with E-state index in [-0.39, 0.29) is 19.3 Å². The molecule has 2 aliphatic heterocycles. The summed E-state index contributed by atoms with van der Waals surface area (Å²) in [4.78, 5) is 40.1. The Morgan fingerprint density at radius 1 is 1.17 bits per heavy atom. The molecule has 158 valence electrons. The molecule has 29 heavy (non-hydrogen) atoms. The summed E-state index contributed by atoms with van der Waals surface area (Å²) in [6.45, 7) is 8.06. The maximum atomic E-state index is 13.0. The zero-order chi connectivity index (χ0) is 21.2. The number of ether oxygens (including phenoxy) is 3. The molecule has 0 saturated carbocycles. The number of Topliss-reactive ketones (excluding diaryl/α,β-unsaturated/α-hetero) is 1. The monoisotopic (exact) mass is 403 g/mol. The van der Waals surface area contributed by atoms with Crippen LogP contribution in [-0.4, -0.2) is 48.5 Å². The van der Waals surface area contributed by atoms with Gasteiger partial charge in [-0.1, -0.05) is 33.8 Å². The lowest BCUT2D eigenvalue weighted by atomic mass is 9.84. The molecule has 7 nitrogen and oxygen atoms in total. The Morgan fingerprint density at radius 2 is 1.90 bits per heavy atom. The number of carbonyl (C=O) groups excluding carboxylic acids is 3. The van der Waals surface area contributed by atoms with Crippen LogP contribution in [0.25, 0.3) is 0 Å². The average Bonchev–Trinajstić information content (AvgIpc) is 3.37. The summed E-state index contributed by atoms with van der Waals surface area (Å²) >= 11 is 0. The van der Waals surface area contributed by atoms with E-state index in [1.165, 1.54) is 4.90 Å². The van der Waals surface area contributed by atoms with Crippen LogP contribution in [0.4, 0.5) is 0 Å². The Morgan fingerprint density at radius 3 is 2.59 bits per heavy atom. The summed E-state index contributed by atoms with van der Waals surface area (Å²) < 4.78 is 16.2. The molecule has 0 bridgehead atoms. The van der Waals surface area contributed by atoms with E-state index in [9.17, 15) is 14.4 Å². The zero-order valence-electron chi connectivity index (χ0n) is 17.5. The van der Waals surface area contributed by atoms with Crippen LogP contribution in [0.15, 0.2) is 18.2 Å². The van der Waals surface area contributed by atoms with Crippen LogP contribution in [0.2, 0.25) is 0 Å². The number of hydrogen-bond donors (Lipinski definition) is 0. The molecule has 3 rings (SSSR count). The number of benzene rings is 1. The molecular weight excluding hydrogens is 374 g/mol. The van der Waals surface area contributed by atoms with E-state index in [4.69, 9.17) is 14.2 Å². The number of carbonyl (C=O) groups is 3.